The standard InChI is InChI=1S/C23H21FN4O/c1-16-4-6-18(7-5-16)15-28-21(27-20-3-2-12-25-23(20)28)14-26-22(29)13-17-8-10-19(24)11-9-17/h2-12H,13-15H2,1H3,(H,26,29). The van der Waals surface area contributed by atoms with Crippen molar-refractivity contribution in [2.24, 2.45) is 0 Å². The Kier molecular flexibility index (Phi) is 5.33. The minimum absolute atomic E-state index is 0.140. The number of amides is 1. The number of rotatable bonds is 6. The number of carbonyl (C=O) groups excluding carboxylic acids is 1. The first-order valence-electron chi connectivity index (χ1n) is 9.45. The van der Waals surface area contributed by atoms with Crippen LogP contribution in [0.5, 0.6) is 0 Å². The normalized spacial score (nSPS) is 11.0. The van der Waals surface area contributed by atoms with Gasteiger partial charge in [0.1, 0.15) is 17.2 Å². The maximum absolute atomic E-state index is 13.0. The molecule has 0 aliphatic heterocycles. The number of hydrogen-bond donors (Lipinski definition) is 1. The molecule has 0 spiro atoms. The zero-order chi connectivity index (χ0) is 20.2. The van der Waals surface area contributed by atoms with Crippen molar-refractivity contribution in [2.75, 3.05) is 0 Å². The number of hydrogen-bond acceptors (Lipinski definition) is 3. The average molecular weight is 388 g/mol. The fraction of sp³-hybridized carbons (Fsp3) is 0.174. The summed E-state index contributed by atoms with van der Waals surface area (Å²) < 4.78 is 15.0. The lowest BCUT2D eigenvalue weighted by Crippen LogP contribution is -2.26. The second-order valence-corrected chi connectivity index (χ2v) is 7.03. The molecular weight excluding hydrogens is 367 g/mol. The van der Waals surface area contributed by atoms with Gasteiger partial charge in [0.05, 0.1) is 19.5 Å². The summed E-state index contributed by atoms with van der Waals surface area (Å²) in [5, 5.41) is 2.91. The van der Waals surface area contributed by atoms with Crippen molar-refractivity contribution < 1.29 is 9.18 Å². The van der Waals surface area contributed by atoms with E-state index in [0.717, 1.165) is 28.1 Å². The summed E-state index contributed by atoms with van der Waals surface area (Å²) in [6.45, 7) is 2.97. The smallest absolute Gasteiger partial charge is 0.224 e. The zero-order valence-electron chi connectivity index (χ0n) is 16.1. The fourth-order valence-electron chi connectivity index (χ4n) is 3.21. The quantitative estimate of drug-likeness (QED) is 0.547. The second-order valence-electron chi connectivity index (χ2n) is 7.03. The van der Waals surface area contributed by atoms with Crippen molar-refractivity contribution in [3.05, 3.63) is 95.2 Å². The molecule has 1 N–H and O–H groups in total. The van der Waals surface area contributed by atoms with Crippen LogP contribution in [0.3, 0.4) is 0 Å². The number of aryl methyl sites for hydroxylation is 1. The molecule has 0 bridgehead atoms. The van der Waals surface area contributed by atoms with Crippen molar-refractivity contribution in [2.45, 2.75) is 26.4 Å². The van der Waals surface area contributed by atoms with E-state index in [1.165, 1.54) is 17.7 Å². The lowest BCUT2D eigenvalue weighted by Gasteiger charge is -2.10. The van der Waals surface area contributed by atoms with E-state index in [4.69, 9.17) is 0 Å². The predicted octanol–water partition coefficient (Wildman–Crippen LogP) is 3.79. The highest BCUT2D eigenvalue weighted by Crippen LogP contribution is 2.16. The third-order valence-electron chi connectivity index (χ3n) is 4.77. The largest absolute Gasteiger partial charge is 0.349 e. The third-order valence-corrected chi connectivity index (χ3v) is 4.77. The van der Waals surface area contributed by atoms with Crippen LogP contribution in [0, 0.1) is 12.7 Å². The fourth-order valence-corrected chi connectivity index (χ4v) is 3.21. The molecule has 1 amide bonds. The maximum Gasteiger partial charge on any atom is 0.224 e. The SMILES string of the molecule is Cc1ccc(Cn2c(CNC(=O)Cc3ccc(F)cc3)nc3cccnc32)cc1. The molecule has 2 heterocycles. The first-order valence-corrected chi connectivity index (χ1v) is 9.45. The van der Waals surface area contributed by atoms with E-state index in [0.29, 0.717) is 13.1 Å². The summed E-state index contributed by atoms with van der Waals surface area (Å²) in [6.07, 6.45) is 1.93. The number of pyridine rings is 1. The number of benzene rings is 2. The number of aromatic nitrogens is 3. The maximum atomic E-state index is 13.0. The van der Waals surface area contributed by atoms with Gasteiger partial charge in [0.2, 0.25) is 5.91 Å². The van der Waals surface area contributed by atoms with Crippen LogP contribution >= 0.6 is 0 Å². The summed E-state index contributed by atoms with van der Waals surface area (Å²) in [7, 11) is 0. The van der Waals surface area contributed by atoms with Crippen LogP contribution in [0.4, 0.5) is 4.39 Å². The lowest BCUT2D eigenvalue weighted by molar-refractivity contribution is -0.120. The number of imidazole rings is 1. The van der Waals surface area contributed by atoms with Gasteiger partial charge in [-0.1, -0.05) is 42.0 Å². The zero-order valence-corrected chi connectivity index (χ0v) is 16.1. The molecule has 0 atom stereocenters. The Bertz CT molecular complexity index is 1130. The predicted molar refractivity (Wildman–Crippen MR) is 110 cm³/mol. The first kappa shape index (κ1) is 18.8. The topological polar surface area (TPSA) is 59.8 Å². The average Bonchev–Trinajstić information content (AvgIpc) is 3.07. The van der Waals surface area contributed by atoms with Crippen molar-refractivity contribution >= 4 is 17.1 Å². The second kappa shape index (κ2) is 8.22. The summed E-state index contributed by atoms with van der Waals surface area (Å²) in [5.74, 6) is 0.289. The minimum atomic E-state index is -0.313. The van der Waals surface area contributed by atoms with Gasteiger partial charge in [-0.05, 0) is 42.3 Å². The molecule has 146 valence electrons. The molecule has 0 aliphatic rings. The lowest BCUT2D eigenvalue weighted by atomic mass is 10.1. The summed E-state index contributed by atoms with van der Waals surface area (Å²) in [4.78, 5) is 21.5. The monoisotopic (exact) mass is 388 g/mol. The molecular formula is C23H21FN4O. The van der Waals surface area contributed by atoms with Crippen molar-refractivity contribution in [1.82, 2.24) is 19.9 Å². The Balaban J connectivity index is 1.52. The van der Waals surface area contributed by atoms with Gasteiger partial charge in [-0.15, -0.1) is 0 Å². The van der Waals surface area contributed by atoms with Gasteiger partial charge in [0, 0.05) is 6.20 Å². The molecule has 4 rings (SSSR count). The summed E-state index contributed by atoms with van der Waals surface area (Å²) in [6, 6.07) is 18.0. The van der Waals surface area contributed by atoms with Gasteiger partial charge < -0.3 is 9.88 Å². The van der Waals surface area contributed by atoms with E-state index in [1.807, 2.05) is 16.7 Å². The summed E-state index contributed by atoms with van der Waals surface area (Å²) >= 11 is 0. The summed E-state index contributed by atoms with van der Waals surface area (Å²) in [5.41, 5.74) is 4.69. The van der Waals surface area contributed by atoms with E-state index < -0.39 is 0 Å². The highest BCUT2D eigenvalue weighted by Gasteiger charge is 2.13. The molecule has 0 fully saturated rings. The molecule has 0 radical (unpaired) electrons. The Hall–Kier alpha value is -3.54. The molecule has 0 unspecified atom stereocenters. The van der Waals surface area contributed by atoms with E-state index >= 15 is 0 Å². The molecule has 29 heavy (non-hydrogen) atoms. The Morgan fingerprint density at radius 3 is 2.52 bits per heavy atom. The van der Waals surface area contributed by atoms with Gasteiger partial charge in [-0.25, -0.2) is 14.4 Å². The van der Waals surface area contributed by atoms with Gasteiger partial charge in [-0.2, -0.15) is 0 Å². The highest BCUT2D eigenvalue weighted by molar-refractivity contribution is 5.78. The first-order chi connectivity index (χ1) is 14.1. The number of carbonyl (C=O) groups is 1. The van der Waals surface area contributed by atoms with Gasteiger partial charge in [-0.3, -0.25) is 4.79 Å². The molecule has 0 saturated carbocycles. The Labute approximate surface area is 168 Å². The number of halogens is 1. The molecule has 0 aliphatic carbocycles. The molecule has 2 aromatic heterocycles. The molecule has 0 saturated heterocycles. The van der Waals surface area contributed by atoms with Crippen LogP contribution < -0.4 is 5.32 Å². The van der Waals surface area contributed by atoms with Crippen molar-refractivity contribution in [3.8, 4) is 0 Å². The van der Waals surface area contributed by atoms with Crippen LogP contribution in [0.25, 0.3) is 11.2 Å². The number of fused-ring (bicyclic) bond motifs is 1. The van der Waals surface area contributed by atoms with Crippen LogP contribution in [-0.4, -0.2) is 20.4 Å². The van der Waals surface area contributed by atoms with Gasteiger partial charge >= 0.3 is 0 Å². The van der Waals surface area contributed by atoms with E-state index in [2.05, 4.69) is 46.5 Å². The van der Waals surface area contributed by atoms with Crippen LogP contribution in [-0.2, 0) is 24.3 Å². The van der Waals surface area contributed by atoms with Crippen LogP contribution in [0.15, 0.2) is 66.9 Å². The van der Waals surface area contributed by atoms with Crippen molar-refractivity contribution in [1.29, 1.82) is 0 Å². The molecule has 4 aromatic rings. The van der Waals surface area contributed by atoms with E-state index in [1.54, 1.807) is 18.3 Å². The van der Waals surface area contributed by atoms with Crippen LogP contribution in [0.1, 0.15) is 22.5 Å². The third kappa shape index (κ3) is 4.48. The highest BCUT2D eigenvalue weighted by atomic mass is 19.1. The molecule has 6 heteroatoms. The molecule has 5 nitrogen and oxygen atoms in total. The van der Waals surface area contributed by atoms with Gasteiger partial charge in [0.15, 0.2) is 5.65 Å². The minimum Gasteiger partial charge on any atom is -0.349 e. The van der Waals surface area contributed by atoms with Crippen LogP contribution in [0.2, 0.25) is 0 Å². The Morgan fingerprint density at radius 2 is 1.76 bits per heavy atom. The Morgan fingerprint density at radius 1 is 1.03 bits per heavy atom. The number of nitrogens with one attached hydrogen (secondary N) is 1. The number of nitrogens with zero attached hydrogens (tertiary/aromatic N) is 3. The van der Waals surface area contributed by atoms with E-state index in [-0.39, 0.29) is 18.1 Å². The van der Waals surface area contributed by atoms with E-state index in [9.17, 15) is 9.18 Å². The van der Waals surface area contributed by atoms with Gasteiger partial charge in [0.25, 0.3) is 0 Å². The van der Waals surface area contributed by atoms with Crippen molar-refractivity contribution in [3.63, 3.8) is 0 Å². The molecule has 2 aromatic carbocycles.